The number of ether oxygens (including phenoxy) is 2. The molecule has 1 amide bonds. The zero-order valence-corrected chi connectivity index (χ0v) is 16.8. The van der Waals surface area contributed by atoms with Crippen molar-refractivity contribution in [1.29, 1.82) is 0 Å². The van der Waals surface area contributed by atoms with Gasteiger partial charge in [-0.2, -0.15) is 0 Å². The molecule has 0 spiro atoms. The van der Waals surface area contributed by atoms with Crippen LogP contribution in [0.1, 0.15) is 46.1 Å². The minimum atomic E-state index is -3.48. The van der Waals surface area contributed by atoms with Crippen molar-refractivity contribution in [3.63, 3.8) is 0 Å². The molecule has 1 aliphatic rings. The maximum Gasteiger partial charge on any atom is 0.221 e. The minimum Gasteiger partial charge on any atom is -0.356 e. The molecule has 0 aromatic heterocycles. The molecule has 0 bridgehead atoms. The highest BCUT2D eigenvalue weighted by molar-refractivity contribution is 7.91. The molecule has 0 unspecified atom stereocenters. The molecule has 146 valence electrons. The van der Waals surface area contributed by atoms with Gasteiger partial charge in [-0.15, -0.1) is 0 Å². The number of sulfone groups is 1. The van der Waals surface area contributed by atoms with Gasteiger partial charge in [-0.25, -0.2) is 8.42 Å². The van der Waals surface area contributed by atoms with Crippen molar-refractivity contribution in [2.45, 2.75) is 56.6 Å². The van der Waals surface area contributed by atoms with Gasteiger partial charge >= 0.3 is 0 Å². The van der Waals surface area contributed by atoms with Crippen molar-refractivity contribution in [3.05, 3.63) is 29.8 Å². The van der Waals surface area contributed by atoms with Crippen molar-refractivity contribution in [2.24, 2.45) is 0 Å². The summed E-state index contributed by atoms with van der Waals surface area (Å²) in [7, 11) is -3.48. The van der Waals surface area contributed by atoms with Gasteiger partial charge in [0.25, 0.3) is 0 Å². The summed E-state index contributed by atoms with van der Waals surface area (Å²) in [5.41, 5.74) is 1.03. The van der Waals surface area contributed by atoms with Crippen LogP contribution in [0.3, 0.4) is 0 Å². The molecule has 7 heteroatoms. The van der Waals surface area contributed by atoms with Crippen LogP contribution in [-0.4, -0.2) is 45.6 Å². The molecule has 1 heterocycles. The Bertz CT molecular complexity index is 713. The lowest BCUT2D eigenvalue weighted by molar-refractivity contribution is -0.146. The number of amides is 1. The number of hydrogen-bond acceptors (Lipinski definition) is 5. The summed E-state index contributed by atoms with van der Waals surface area (Å²) < 4.78 is 35.7. The smallest absolute Gasteiger partial charge is 0.221 e. The van der Waals surface area contributed by atoms with Gasteiger partial charge in [0.15, 0.2) is 15.6 Å². The molecule has 1 aromatic rings. The van der Waals surface area contributed by atoms with E-state index in [2.05, 4.69) is 26.1 Å². The normalized spacial score (nSPS) is 17.2. The third kappa shape index (κ3) is 5.79. The van der Waals surface area contributed by atoms with Crippen molar-refractivity contribution in [1.82, 2.24) is 5.32 Å². The lowest BCUT2D eigenvalue weighted by Crippen LogP contribution is -2.34. The van der Waals surface area contributed by atoms with Crippen LogP contribution in [-0.2, 0) is 29.5 Å². The monoisotopic (exact) mass is 383 g/mol. The number of carbonyl (C=O) groups excluding carboxylic acids is 1. The fourth-order valence-electron chi connectivity index (χ4n) is 2.73. The number of rotatable bonds is 7. The molecule has 1 fully saturated rings. The molecule has 0 radical (unpaired) electrons. The van der Waals surface area contributed by atoms with Crippen LogP contribution in [0.2, 0.25) is 0 Å². The number of benzene rings is 1. The summed E-state index contributed by atoms with van der Waals surface area (Å²) in [6.45, 7) is 9.54. The van der Waals surface area contributed by atoms with Crippen LogP contribution in [0.4, 0.5) is 0 Å². The summed E-state index contributed by atoms with van der Waals surface area (Å²) >= 11 is 0. The molecule has 0 saturated carbocycles. The Morgan fingerprint density at radius 2 is 1.73 bits per heavy atom. The van der Waals surface area contributed by atoms with Crippen LogP contribution in [0, 0.1) is 0 Å². The molecule has 0 atom stereocenters. The van der Waals surface area contributed by atoms with E-state index in [1.807, 2.05) is 19.1 Å². The molecule has 1 aromatic carbocycles. The first-order chi connectivity index (χ1) is 12.0. The Kier molecular flexibility index (Phi) is 6.47. The Morgan fingerprint density at radius 3 is 2.27 bits per heavy atom. The average molecular weight is 384 g/mol. The van der Waals surface area contributed by atoms with Crippen molar-refractivity contribution < 1.29 is 22.7 Å². The zero-order valence-electron chi connectivity index (χ0n) is 16.0. The summed E-state index contributed by atoms with van der Waals surface area (Å²) in [4.78, 5) is 12.2. The van der Waals surface area contributed by atoms with Gasteiger partial charge in [0, 0.05) is 19.4 Å². The van der Waals surface area contributed by atoms with E-state index in [4.69, 9.17) is 9.47 Å². The quantitative estimate of drug-likeness (QED) is 0.782. The first kappa shape index (κ1) is 20.9. The number of hydrogen-bond donors (Lipinski definition) is 1. The molecule has 2 rings (SSSR count). The second-order valence-corrected chi connectivity index (χ2v) is 9.88. The van der Waals surface area contributed by atoms with Gasteiger partial charge in [0.2, 0.25) is 5.91 Å². The Balaban J connectivity index is 1.82. The maximum atomic E-state index is 12.4. The molecule has 1 saturated heterocycles. The Labute approximate surface area is 156 Å². The van der Waals surface area contributed by atoms with Crippen molar-refractivity contribution in [3.8, 4) is 0 Å². The van der Waals surface area contributed by atoms with E-state index in [-0.39, 0.29) is 28.4 Å². The molecular weight excluding hydrogens is 354 g/mol. The van der Waals surface area contributed by atoms with Gasteiger partial charge < -0.3 is 14.8 Å². The second-order valence-electron chi connectivity index (χ2n) is 7.77. The van der Waals surface area contributed by atoms with Crippen LogP contribution < -0.4 is 5.32 Å². The Morgan fingerprint density at radius 1 is 1.15 bits per heavy atom. The van der Waals surface area contributed by atoms with E-state index in [9.17, 15) is 13.2 Å². The van der Waals surface area contributed by atoms with E-state index in [1.54, 1.807) is 12.1 Å². The van der Waals surface area contributed by atoms with Gasteiger partial charge in [-0.05, 0) is 30.0 Å². The highest BCUT2D eigenvalue weighted by Crippen LogP contribution is 2.24. The third-order valence-corrected chi connectivity index (χ3v) is 6.21. The summed E-state index contributed by atoms with van der Waals surface area (Å²) in [6.07, 6.45) is 0.460. The van der Waals surface area contributed by atoms with Crippen LogP contribution in [0.25, 0.3) is 0 Å². The lowest BCUT2D eigenvalue weighted by Gasteiger charge is -2.22. The van der Waals surface area contributed by atoms with Crippen LogP contribution in [0.5, 0.6) is 0 Å². The largest absolute Gasteiger partial charge is 0.356 e. The Hall–Kier alpha value is -1.44. The van der Waals surface area contributed by atoms with Gasteiger partial charge in [0.05, 0.1) is 23.9 Å². The first-order valence-electron chi connectivity index (χ1n) is 8.90. The fourth-order valence-corrected chi connectivity index (χ4v) is 3.97. The first-order valence-corrected chi connectivity index (χ1v) is 10.6. The minimum absolute atomic E-state index is 0.0361. The summed E-state index contributed by atoms with van der Waals surface area (Å²) in [6, 6.07) is 6.89. The molecule has 0 aliphatic carbocycles. The molecule has 6 nitrogen and oxygen atoms in total. The zero-order chi connectivity index (χ0) is 19.4. The molecule has 26 heavy (non-hydrogen) atoms. The van der Waals surface area contributed by atoms with Crippen molar-refractivity contribution >= 4 is 15.7 Å². The topological polar surface area (TPSA) is 81.7 Å². The fraction of sp³-hybridized carbons (Fsp3) is 0.632. The average Bonchev–Trinajstić information content (AvgIpc) is 2.99. The van der Waals surface area contributed by atoms with E-state index in [0.717, 1.165) is 5.56 Å². The van der Waals surface area contributed by atoms with E-state index in [0.29, 0.717) is 26.2 Å². The summed E-state index contributed by atoms with van der Waals surface area (Å²) in [5.74, 6) is -1.16. The maximum absolute atomic E-state index is 12.4. The van der Waals surface area contributed by atoms with Gasteiger partial charge in [-0.3, -0.25) is 4.79 Å². The highest BCUT2D eigenvalue weighted by atomic mass is 32.2. The second kappa shape index (κ2) is 8.06. The third-order valence-electron chi connectivity index (χ3n) is 4.48. The number of nitrogens with one attached hydrogen (secondary N) is 1. The molecular formula is C19H29NO5S. The van der Waals surface area contributed by atoms with E-state index < -0.39 is 15.6 Å². The van der Waals surface area contributed by atoms with Crippen LogP contribution >= 0.6 is 0 Å². The predicted molar refractivity (Wildman–Crippen MR) is 99.7 cm³/mol. The van der Waals surface area contributed by atoms with Crippen LogP contribution in [0.15, 0.2) is 29.2 Å². The molecule has 1 N–H and O–H groups in total. The van der Waals surface area contributed by atoms with Gasteiger partial charge in [0.1, 0.15) is 0 Å². The van der Waals surface area contributed by atoms with E-state index in [1.165, 1.54) is 0 Å². The van der Waals surface area contributed by atoms with E-state index >= 15 is 0 Å². The molecule has 1 aliphatic heterocycles. The lowest BCUT2D eigenvalue weighted by atomic mass is 9.87. The SMILES string of the molecule is CC1(CCNC(=O)CCS(=O)(=O)c2ccc(C(C)(C)C)cc2)OCCO1. The van der Waals surface area contributed by atoms with Crippen molar-refractivity contribution in [2.75, 3.05) is 25.5 Å². The standard InChI is InChI=1S/C19H29NO5S/c1-18(2,3)15-5-7-16(8-6-15)26(22,23)14-9-17(21)20-11-10-19(4)24-12-13-25-19/h5-8H,9-14H2,1-4H3,(H,20,21). The number of carbonyl (C=O) groups is 1. The van der Waals surface area contributed by atoms with Gasteiger partial charge in [-0.1, -0.05) is 32.9 Å². The predicted octanol–water partition coefficient (Wildman–Crippen LogP) is 2.42. The highest BCUT2D eigenvalue weighted by Gasteiger charge is 2.30. The summed E-state index contributed by atoms with van der Waals surface area (Å²) in [5, 5.41) is 2.72.